The van der Waals surface area contributed by atoms with Crippen LogP contribution in [0.4, 0.5) is 13.2 Å². The van der Waals surface area contributed by atoms with Crippen molar-refractivity contribution >= 4 is 5.78 Å². The number of hydrogen-bond donors (Lipinski definition) is 0. The number of aromatic nitrogens is 5. The third kappa shape index (κ3) is 3.78. The molecular weight excluding hydrogens is 371 g/mol. The second-order valence-corrected chi connectivity index (χ2v) is 6.21. The van der Waals surface area contributed by atoms with Crippen LogP contribution in [0.1, 0.15) is 18.3 Å². The van der Waals surface area contributed by atoms with E-state index >= 15 is 0 Å². The van der Waals surface area contributed by atoms with Gasteiger partial charge in [-0.05, 0) is 12.1 Å². The van der Waals surface area contributed by atoms with E-state index in [1.54, 1.807) is 29.1 Å². The quantitative estimate of drug-likeness (QED) is 0.519. The molecule has 0 atom stereocenters. The average molecular weight is 385 g/mol. The van der Waals surface area contributed by atoms with Crippen molar-refractivity contribution in [3.63, 3.8) is 0 Å². The van der Waals surface area contributed by atoms with Crippen molar-refractivity contribution < 1.29 is 17.9 Å². The highest BCUT2D eigenvalue weighted by molar-refractivity contribution is 5.61. The molecule has 0 aliphatic carbocycles. The molecule has 0 saturated heterocycles. The zero-order valence-electron chi connectivity index (χ0n) is 14.7. The first-order valence-electron chi connectivity index (χ1n) is 8.31. The van der Waals surface area contributed by atoms with Crippen LogP contribution in [0, 0.1) is 5.82 Å². The lowest BCUT2D eigenvalue weighted by molar-refractivity contribution is 0.0128. The molecule has 4 aromatic heterocycles. The first kappa shape index (κ1) is 17.9. The highest BCUT2D eigenvalue weighted by Crippen LogP contribution is 2.27. The van der Waals surface area contributed by atoms with Crippen molar-refractivity contribution in [2.24, 2.45) is 0 Å². The predicted octanol–water partition coefficient (Wildman–Crippen LogP) is 4.02. The molecule has 4 heterocycles. The van der Waals surface area contributed by atoms with Gasteiger partial charge in [-0.15, -0.1) is 0 Å². The third-order valence-electron chi connectivity index (χ3n) is 3.97. The van der Waals surface area contributed by atoms with Crippen LogP contribution in [0.2, 0.25) is 0 Å². The van der Waals surface area contributed by atoms with E-state index in [1.807, 2.05) is 0 Å². The number of ether oxygens (including phenoxy) is 1. The van der Waals surface area contributed by atoms with Gasteiger partial charge in [-0.1, -0.05) is 6.07 Å². The lowest BCUT2D eigenvalue weighted by Gasteiger charge is -2.09. The third-order valence-corrected chi connectivity index (χ3v) is 3.97. The Bertz CT molecular complexity index is 1110. The van der Waals surface area contributed by atoms with Crippen molar-refractivity contribution in [2.75, 3.05) is 0 Å². The Morgan fingerprint density at radius 2 is 1.79 bits per heavy atom. The van der Waals surface area contributed by atoms with Crippen LogP contribution in [0.3, 0.4) is 0 Å². The largest absolute Gasteiger partial charge is 0.471 e. The predicted molar refractivity (Wildman–Crippen MR) is 94.3 cm³/mol. The van der Waals surface area contributed by atoms with Gasteiger partial charge >= 0.3 is 0 Å². The molecule has 0 N–H and O–H groups in total. The number of nitrogens with zero attached hydrogens (tertiary/aromatic N) is 5. The smallest absolute Gasteiger partial charge is 0.286 e. The second-order valence-electron chi connectivity index (χ2n) is 6.21. The van der Waals surface area contributed by atoms with Gasteiger partial charge in [-0.25, -0.2) is 19.3 Å². The van der Waals surface area contributed by atoms with Crippen LogP contribution in [0.15, 0.2) is 55.2 Å². The van der Waals surface area contributed by atoms with Crippen LogP contribution in [0.25, 0.3) is 16.9 Å². The van der Waals surface area contributed by atoms with Gasteiger partial charge in [0.25, 0.3) is 5.92 Å². The van der Waals surface area contributed by atoms with Gasteiger partial charge in [0.2, 0.25) is 11.7 Å². The molecule has 0 unspecified atom stereocenters. The molecule has 0 fully saturated rings. The molecular formula is C19H14F3N5O. The van der Waals surface area contributed by atoms with E-state index in [2.05, 4.69) is 19.9 Å². The lowest BCUT2D eigenvalue weighted by Crippen LogP contribution is -2.09. The SMILES string of the molecule is CC(F)(F)c1ccc(-c2cnc3nc(COc4ccc(F)cn4)cn3c2)cn1. The van der Waals surface area contributed by atoms with Crippen molar-refractivity contribution in [1.29, 1.82) is 0 Å². The van der Waals surface area contributed by atoms with E-state index in [0.29, 0.717) is 22.6 Å². The van der Waals surface area contributed by atoms with Gasteiger partial charge in [0.1, 0.15) is 18.1 Å². The number of fused-ring (bicyclic) bond motifs is 1. The minimum atomic E-state index is -2.99. The van der Waals surface area contributed by atoms with E-state index in [-0.39, 0.29) is 18.2 Å². The van der Waals surface area contributed by atoms with Gasteiger partial charge in [-0.3, -0.25) is 9.38 Å². The molecule has 0 aliphatic heterocycles. The molecule has 0 amide bonds. The molecule has 0 aliphatic rings. The number of halogens is 3. The zero-order valence-corrected chi connectivity index (χ0v) is 14.7. The van der Waals surface area contributed by atoms with Crippen molar-refractivity contribution in [3.8, 4) is 17.0 Å². The number of imidazole rings is 1. The number of hydrogen-bond acceptors (Lipinski definition) is 5. The molecule has 142 valence electrons. The minimum Gasteiger partial charge on any atom is -0.471 e. The molecule has 28 heavy (non-hydrogen) atoms. The number of alkyl halides is 2. The second kappa shape index (κ2) is 6.91. The van der Waals surface area contributed by atoms with Crippen molar-refractivity contribution in [1.82, 2.24) is 24.3 Å². The van der Waals surface area contributed by atoms with Crippen molar-refractivity contribution in [3.05, 3.63) is 72.5 Å². The average Bonchev–Trinajstić information content (AvgIpc) is 3.09. The molecule has 0 radical (unpaired) electrons. The highest BCUT2D eigenvalue weighted by Gasteiger charge is 2.25. The van der Waals surface area contributed by atoms with Crippen molar-refractivity contribution in [2.45, 2.75) is 19.5 Å². The van der Waals surface area contributed by atoms with Crippen LogP contribution in [0.5, 0.6) is 5.88 Å². The molecule has 0 bridgehead atoms. The summed E-state index contributed by atoms with van der Waals surface area (Å²) in [6.45, 7) is 0.943. The zero-order chi connectivity index (χ0) is 19.7. The Balaban J connectivity index is 1.53. The highest BCUT2D eigenvalue weighted by atomic mass is 19.3. The summed E-state index contributed by atoms with van der Waals surface area (Å²) in [5, 5.41) is 0. The van der Waals surface area contributed by atoms with Crippen LogP contribution >= 0.6 is 0 Å². The van der Waals surface area contributed by atoms with E-state index in [0.717, 1.165) is 13.1 Å². The number of pyridine rings is 2. The molecule has 6 nitrogen and oxygen atoms in total. The van der Waals surface area contributed by atoms with E-state index < -0.39 is 11.7 Å². The molecule has 0 spiro atoms. The normalized spacial score (nSPS) is 11.7. The monoisotopic (exact) mass is 385 g/mol. The maximum Gasteiger partial charge on any atom is 0.286 e. The van der Waals surface area contributed by atoms with E-state index in [1.165, 1.54) is 24.4 Å². The Hall–Kier alpha value is -3.49. The fraction of sp³-hybridized carbons (Fsp3) is 0.158. The maximum atomic E-state index is 13.3. The summed E-state index contributed by atoms with van der Waals surface area (Å²) < 4.78 is 46.6. The summed E-state index contributed by atoms with van der Waals surface area (Å²) in [6.07, 6.45) is 7.56. The van der Waals surface area contributed by atoms with E-state index in [4.69, 9.17) is 4.74 Å². The maximum absolute atomic E-state index is 13.3. The Morgan fingerprint density at radius 3 is 2.46 bits per heavy atom. The first-order valence-corrected chi connectivity index (χ1v) is 8.31. The van der Waals surface area contributed by atoms with Gasteiger partial charge in [0.15, 0.2) is 0 Å². The Morgan fingerprint density at radius 1 is 0.964 bits per heavy atom. The summed E-state index contributed by atoms with van der Waals surface area (Å²) in [5.74, 6) is -2.69. The van der Waals surface area contributed by atoms with Gasteiger partial charge in [0.05, 0.1) is 11.9 Å². The standard InChI is InChI=1S/C19H14F3N5O/c1-19(21,22)16-4-2-12(6-23-16)13-7-25-18-26-15(10-27(18)9-13)11-28-17-5-3-14(20)8-24-17/h2-10H,11H2,1H3. The van der Waals surface area contributed by atoms with Crippen LogP contribution in [-0.2, 0) is 12.5 Å². The summed E-state index contributed by atoms with van der Waals surface area (Å²) in [4.78, 5) is 16.2. The fourth-order valence-electron chi connectivity index (χ4n) is 2.57. The minimum absolute atomic E-state index is 0.138. The molecule has 9 heteroatoms. The van der Waals surface area contributed by atoms with Crippen LogP contribution in [-0.4, -0.2) is 24.3 Å². The summed E-state index contributed by atoms with van der Waals surface area (Å²) in [5.41, 5.74) is 1.68. The molecule has 4 aromatic rings. The first-order chi connectivity index (χ1) is 13.4. The van der Waals surface area contributed by atoms with Gasteiger partial charge in [0, 0.05) is 48.9 Å². The van der Waals surface area contributed by atoms with Crippen LogP contribution < -0.4 is 4.74 Å². The number of rotatable bonds is 5. The molecule has 0 aromatic carbocycles. The topological polar surface area (TPSA) is 65.2 Å². The lowest BCUT2D eigenvalue weighted by atomic mass is 10.1. The molecule has 0 saturated carbocycles. The Kier molecular flexibility index (Phi) is 4.42. The van der Waals surface area contributed by atoms with Gasteiger partial charge in [-0.2, -0.15) is 8.78 Å². The summed E-state index contributed by atoms with van der Waals surface area (Å²) in [7, 11) is 0. The fourth-order valence-corrected chi connectivity index (χ4v) is 2.57. The summed E-state index contributed by atoms with van der Waals surface area (Å²) >= 11 is 0. The Labute approximate surface area is 157 Å². The van der Waals surface area contributed by atoms with Gasteiger partial charge < -0.3 is 4.74 Å². The summed E-state index contributed by atoms with van der Waals surface area (Å²) in [6, 6.07) is 5.55. The van der Waals surface area contributed by atoms with E-state index in [9.17, 15) is 13.2 Å². The molecule has 4 rings (SSSR count).